The van der Waals surface area contributed by atoms with Crippen molar-refractivity contribution in [3.8, 4) is 11.5 Å². The lowest BCUT2D eigenvalue weighted by atomic mass is 10.2. The quantitative estimate of drug-likeness (QED) is 0.942. The lowest BCUT2D eigenvalue weighted by Crippen LogP contribution is -2.18. The van der Waals surface area contributed by atoms with Gasteiger partial charge >= 0.3 is 0 Å². The number of carbonyl (C=O) groups is 1. The molecule has 0 unspecified atom stereocenters. The third-order valence-electron chi connectivity index (χ3n) is 3.21. The van der Waals surface area contributed by atoms with Crippen LogP contribution in [0.15, 0.2) is 30.5 Å². The third-order valence-corrected chi connectivity index (χ3v) is 3.21. The number of nitrogens with zero attached hydrogens (tertiary/aromatic N) is 2. The molecule has 1 aliphatic heterocycles. The SMILES string of the molecule is CC(C)n1nccc1NC(=O)c1ccc2c(c1)OCCO2. The van der Waals surface area contributed by atoms with Gasteiger partial charge in [0.2, 0.25) is 0 Å². The van der Waals surface area contributed by atoms with E-state index in [9.17, 15) is 4.79 Å². The number of carbonyl (C=O) groups excluding carboxylic acids is 1. The molecule has 1 aromatic heterocycles. The van der Waals surface area contributed by atoms with Gasteiger partial charge in [-0.05, 0) is 32.0 Å². The molecule has 2 heterocycles. The summed E-state index contributed by atoms with van der Waals surface area (Å²) in [5.74, 6) is 1.75. The monoisotopic (exact) mass is 287 g/mol. The maximum absolute atomic E-state index is 12.3. The van der Waals surface area contributed by atoms with E-state index in [4.69, 9.17) is 9.47 Å². The molecule has 1 N–H and O–H groups in total. The van der Waals surface area contributed by atoms with Gasteiger partial charge in [0.1, 0.15) is 19.0 Å². The normalized spacial score (nSPS) is 13.3. The molecule has 0 saturated heterocycles. The van der Waals surface area contributed by atoms with Crippen molar-refractivity contribution in [1.29, 1.82) is 0 Å². The Kier molecular flexibility index (Phi) is 3.51. The van der Waals surface area contributed by atoms with E-state index in [-0.39, 0.29) is 11.9 Å². The first kappa shape index (κ1) is 13.5. The van der Waals surface area contributed by atoms with E-state index in [0.29, 0.717) is 36.1 Å². The zero-order valence-corrected chi connectivity index (χ0v) is 12.0. The second-order valence-electron chi connectivity index (χ2n) is 5.07. The number of aromatic nitrogens is 2. The summed E-state index contributed by atoms with van der Waals surface area (Å²) in [7, 11) is 0. The van der Waals surface area contributed by atoms with Gasteiger partial charge in [0.15, 0.2) is 11.5 Å². The minimum absolute atomic E-state index is 0.176. The van der Waals surface area contributed by atoms with E-state index in [0.717, 1.165) is 0 Å². The average molecular weight is 287 g/mol. The largest absolute Gasteiger partial charge is 0.486 e. The van der Waals surface area contributed by atoms with Crippen molar-refractivity contribution in [2.24, 2.45) is 0 Å². The molecule has 0 spiro atoms. The fourth-order valence-corrected chi connectivity index (χ4v) is 2.20. The van der Waals surface area contributed by atoms with Gasteiger partial charge in [-0.25, -0.2) is 4.68 Å². The molecule has 0 atom stereocenters. The van der Waals surface area contributed by atoms with Crippen LogP contribution in [-0.2, 0) is 0 Å². The van der Waals surface area contributed by atoms with E-state index < -0.39 is 0 Å². The van der Waals surface area contributed by atoms with E-state index >= 15 is 0 Å². The molecule has 6 heteroatoms. The van der Waals surface area contributed by atoms with Crippen molar-refractivity contribution in [3.05, 3.63) is 36.0 Å². The molecule has 0 saturated carbocycles. The summed E-state index contributed by atoms with van der Waals surface area (Å²) in [5, 5.41) is 7.05. The van der Waals surface area contributed by atoms with Gasteiger partial charge in [0.25, 0.3) is 5.91 Å². The second-order valence-corrected chi connectivity index (χ2v) is 5.07. The van der Waals surface area contributed by atoms with E-state index in [1.165, 1.54) is 0 Å². The van der Waals surface area contributed by atoms with Crippen molar-refractivity contribution in [2.45, 2.75) is 19.9 Å². The van der Waals surface area contributed by atoms with Crippen molar-refractivity contribution in [1.82, 2.24) is 9.78 Å². The number of amides is 1. The molecule has 2 aromatic rings. The highest BCUT2D eigenvalue weighted by Gasteiger charge is 2.16. The van der Waals surface area contributed by atoms with Crippen LogP contribution in [0, 0.1) is 0 Å². The highest BCUT2D eigenvalue weighted by Crippen LogP contribution is 2.31. The number of hydrogen-bond donors (Lipinski definition) is 1. The van der Waals surface area contributed by atoms with Crippen LogP contribution >= 0.6 is 0 Å². The molecule has 0 fully saturated rings. The summed E-state index contributed by atoms with van der Waals surface area (Å²) in [6.45, 7) is 5.05. The molecule has 3 rings (SSSR count). The second kappa shape index (κ2) is 5.47. The molecule has 0 bridgehead atoms. The van der Waals surface area contributed by atoms with Gasteiger partial charge in [-0.15, -0.1) is 0 Å². The number of rotatable bonds is 3. The van der Waals surface area contributed by atoms with Crippen molar-refractivity contribution < 1.29 is 14.3 Å². The van der Waals surface area contributed by atoms with Crippen molar-refractivity contribution >= 4 is 11.7 Å². The lowest BCUT2D eigenvalue weighted by molar-refractivity contribution is 0.102. The van der Waals surface area contributed by atoms with Crippen LogP contribution in [0.1, 0.15) is 30.2 Å². The van der Waals surface area contributed by atoms with Gasteiger partial charge in [-0.3, -0.25) is 4.79 Å². The van der Waals surface area contributed by atoms with Crippen LogP contribution in [0.25, 0.3) is 0 Å². The first-order chi connectivity index (χ1) is 10.1. The van der Waals surface area contributed by atoms with Gasteiger partial charge in [-0.2, -0.15) is 5.10 Å². The maximum atomic E-state index is 12.3. The minimum atomic E-state index is -0.200. The Morgan fingerprint density at radius 1 is 1.24 bits per heavy atom. The Morgan fingerprint density at radius 3 is 2.76 bits per heavy atom. The Bertz CT molecular complexity index is 664. The Morgan fingerprint density at radius 2 is 2.00 bits per heavy atom. The predicted octanol–water partition coefficient (Wildman–Crippen LogP) is 2.49. The van der Waals surface area contributed by atoms with E-state index in [1.54, 1.807) is 35.1 Å². The fraction of sp³-hybridized carbons (Fsp3) is 0.333. The molecule has 1 amide bonds. The van der Waals surface area contributed by atoms with Gasteiger partial charge < -0.3 is 14.8 Å². The van der Waals surface area contributed by atoms with Crippen LogP contribution in [0.5, 0.6) is 11.5 Å². The number of anilines is 1. The highest BCUT2D eigenvalue weighted by molar-refractivity contribution is 6.04. The van der Waals surface area contributed by atoms with Crippen molar-refractivity contribution in [2.75, 3.05) is 18.5 Å². The number of hydrogen-bond acceptors (Lipinski definition) is 4. The van der Waals surface area contributed by atoms with Crippen LogP contribution in [0.2, 0.25) is 0 Å². The van der Waals surface area contributed by atoms with E-state index in [1.807, 2.05) is 13.8 Å². The maximum Gasteiger partial charge on any atom is 0.256 e. The first-order valence-electron chi connectivity index (χ1n) is 6.89. The average Bonchev–Trinajstić information content (AvgIpc) is 2.95. The van der Waals surface area contributed by atoms with Crippen LogP contribution in [-0.4, -0.2) is 28.9 Å². The highest BCUT2D eigenvalue weighted by atomic mass is 16.6. The summed E-state index contributed by atoms with van der Waals surface area (Å²) in [4.78, 5) is 12.3. The Labute approximate surface area is 122 Å². The van der Waals surface area contributed by atoms with Crippen LogP contribution in [0.4, 0.5) is 5.82 Å². The Balaban J connectivity index is 1.80. The predicted molar refractivity (Wildman–Crippen MR) is 78.0 cm³/mol. The standard InChI is InChI=1S/C15H17N3O3/c1-10(2)18-14(5-6-16-18)17-15(19)11-3-4-12-13(9-11)21-8-7-20-12/h3-6,9-10H,7-8H2,1-2H3,(H,17,19). The molecular weight excluding hydrogens is 270 g/mol. The molecule has 110 valence electrons. The molecule has 0 aliphatic carbocycles. The van der Waals surface area contributed by atoms with Gasteiger partial charge in [-0.1, -0.05) is 0 Å². The zero-order valence-electron chi connectivity index (χ0n) is 12.0. The summed E-state index contributed by atoms with van der Waals surface area (Å²) in [6, 6.07) is 7.12. The molecule has 0 radical (unpaired) electrons. The minimum Gasteiger partial charge on any atom is -0.486 e. The summed E-state index contributed by atoms with van der Waals surface area (Å²) in [6.07, 6.45) is 1.67. The lowest BCUT2D eigenvalue weighted by Gasteiger charge is -2.18. The number of nitrogens with one attached hydrogen (secondary N) is 1. The van der Waals surface area contributed by atoms with E-state index in [2.05, 4.69) is 10.4 Å². The van der Waals surface area contributed by atoms with Crippen molar-refractivity contribution in [3.63, 3.8) is 0 Å². The van der Waals surface area contributed by atoms with Gasteiger partial charge in [0.05, 0.1) is 6.20 Å². The third kappa shape index (κ3) is 2.69. The molecule has 6 nitrogen and oxygen atoms in total. The van der Waals surface area contributed by atoms with Crippen LogP contribution in [0.3, 0.4) is 0 Å². The molecule has 1 aliphatic rings. The molecule has 21 heavy (non-hydrogen) atoms. The number of benzene rings is 1. The first-order valence-corrected chi connectivity index (χ1v) is 6.89. The van der Waals surface area contributed by atoms with Crippen LogP contribution < -0.4 is 14.8 Å². The molecule has 1 aromatic carbocycles. The zero-order chi connectivity index (χ0) is 14.8. The summed E-state index contributed by atoms with van der Waals surface area (Å²) < 4.78 is 12.7. The summed E-state index contributed by atoms with van der Waals surface area (Å²) in [5.41, 5.74) is 0.524. The number of ether oxygens (including phenoxy) is 2. The fourth-order valence-electron chi connectivity index (χ4n) is 2.20. The van der Waals surface area contributed by atoms with Gasteiger partial charge in [0, 0.05) is 17.7 Å². The smallest absolute Gasteiger partial charge is 0.256 e. The summed E-state index contributed by atoms with van der Waals surface area (Å²) >= 11 is 0. The Hall–Kier alpha value is -2.50. The molecular formula is C15H17N3O3. The number of fused-ring (bicyclic) bond motifs is 1. The topological polar surface area (TPSA) is 65.4 Å².